The van der Waals surface area contributed by atoms with Crippen LogP contribution in [0, 0.1) is 6.92 Å². The molecule has 1 aromatic rings. The minimum Gasteiger partial charge on any atom is -0.465 e. The normalized spacial score (nSPS) is 12.3. The zero-order valence-corrected chi connectivity index (χ0v) is 15.3. The predicted octanol–water partition coefficient (Wildman–Crippen LogP) is 2.00. The van der Waals surface area contributed by atoms with Gasteiger partial charge in [0.25, 0.3) is 0 Å². The number of esters is 1. The Kier molecular flexibility index (Phi) is 9.38. The topological polar surface area (TPSA) is 98.5 Å². The van der Waals surface area contributed by atoms with E-state index >= 15 is 0 Å². The molecule has 0 fully saturated rings. The highest BCUT2D eigenvalue weighted by molar-refractivity contribution is 7.89. The molecule has 0 saturated carbocycles. The maximum atomic E-state index is 12.4. The van der Waals surface area contributed by atoms with Crippen LogP contribution in [-0.4, -0.2) is 34.1 Å². The van der Waals surface area contributed by atoms with E-state index in [1.54, 1.807) is 6.92 Å². The van der Waals surface area contributed by atoms with E-state index in [1.807, 2.05) is 6.92 Å². The summed E-state index contributed by atoms with van der Waals surface area (Å²) in [5.74, 6) is -0.489. The first kappa shape index (κ1) is 21.9. The first-order valence-electron chi connectivity index (χ1n) is 7.27. The Labute approximate surface area is 144 Å². The number of hydrogen-bond donors (Lipinski definition) is 2. The van der Waals surface area contributed by atoms with Crippen LogP contribution in [0.4, 0.5) is 0 Å². The third kappa shape index (κ3) is 6.10. The summed E-state index contributed by atoms with van der Waals surface area (Å²) in [5.41, 5.74) is 6.52. The van der Waals surface area contributed by atoms with E-state index in [4.69, 9.17) is 5.73 Å². The second-order valence-corrected chi connectivity index (χ2v) is 6.88. The average Bonchev–Trinajstić information content (AvgIpc) is 2.50. The van der Waals surface area contributed by atoms with Gasteiger partial charge in [0, 0.05) is 12.6 Å². The van der Waals surface area contributed by atoms with Gasteiger partial charge in [-0.05, 0) is 37.1 Å². The van der Waals surface area contributed by atoms with Crippen LogP contribution < -0.4 is 10.5 Å². The van der Waals surface area contributed by atoms with E-state index in [0.29, 0.717) is 17.5 Å². The standard InChI is InChI=1S/C15H24N2O4S.ClH/c1-4-5-6-12(10-16)17-22(19,20)13-7-8-14(11(2)9-13)15(18)21-3;/h7-9,12,17H,4-6,10,16H2,1-3H3;1H. The molecule has 23 heavy (non-hydrogen) atoms. The molecule has 8 heteroatoms. The summed E-state index contributed by atoms with van der Waals surface area (Å²) < 4.78 is 32.0. The van der Waals surface area contributed by atoms with Gasteiger partial charge >= 0.3 is 5.97 Å². The third-order valence-corrected chi connectivity index (χ3v) is 4.94. The second-order valence-electron chi connectivity index (χ2n) is 5.16. The van der Waals surface area contributed by atoms with E-state index in [-0.39, 0.29) is 29.9 Å². The van der Waals surface area contributed by atoms with Crippen LogP contribution in [0.5, 0.6) is 0 Å². The van der Waals surface area contributed by atoms with Gasteiger partial charge < -0.3 is 10.5 Å². The van der Waals surface area contributed by atoms with Crippen LogP contribution in [0.3, 0.4) is 0 Å². The third-order valence-electron chi connectivity index (χ3n) is 3.43. The number of hydrogen-bond acceptors (Lipinski definition) is 5. The number of carbonyl (C=O) groups is 1. The van der Waals surface area contributed by atoms with Crippen LogP contribution in [0.1, 0.15) is 42.1 Å². The Morgan fingerprint density at radius 1 is 1.39 bits per heavy atom. The Bertz CT molecular complexity index is 620. The van der Waals surface area contributed by atoms with Gasteiger partial charge in [0.2, 0.25) is 10.0 Å². The number of halogens is 1. The lowest BCUT2D eigenvalue weighted by molar-refractivity contribution is 0.0600. The lowest BCUT2D eigenvalue weighted by Crippen LogP contribution is -2.40. The molecule has 1 atom stereocenters. The number of nitrogens with two attached hydrogens (primary N) is 1. The maximum absolute atomic E-state index is 12.4. The maximum Gasteiger partial charge on any atom is 0.338 e. The molecule has 0 amide bonds. The van der Waals surface area contributed by atoms with Crippen LogP contribution in [-0.2, 0) is 14.8 Å². The molecule has 0 heterocycles. The lowest BCUT2D eigenvalue weighted by atomic mass is 10.1. The molecule has 132 valence electrons. The van der Waals surface area contributed by atoms with Crippen molar-refractivity contribution in [1.29, 1.82) is 0 Å². The van der Waals surface area contributed by atoms with E-state index in [0.717, 1.165) is 12.8 Å². The Hall–Kier alpha value is -1.15. The van der Waals surface area contributed by atoms with Gasteiger partial charge in [-0.25, -0.2) is 17.9 Å². The van der Waals surface area contributed by atoms with Crippen molar-refractivity contribution in [1.82, 2.24) is 4.72 Å². The quantitative estimate of drug-likeness (QED) is 0.687. The molecule has 1 aromatic carbocycles. The smallest absolute Gasteiger partial charge is 0.338 e. The van der Waals surface area contributed by atoms with E-state index in [1.165, 1.54) is 25.3 Å². The van der Waals surface area contributed by atoms with Crippen molar-refractivity contribution in [3.05, 3.63) is 29.3 Å². The molecule has 0 aliphatic heterocycles. The highest BCUT2D eigenvalue weighted by Crippen LogP contribution is 2.17. The van der Waals surface area contributed by atoms with Crippen molar-refractivity contribution in [3.63, 3.8) is 0 Å². The highest BCUT2D eigenvalue weighted by Gasteiger charge is 2.20. The summed E-state index contributed by atoms with van der Waals surface area (Å²) in [5, 5.41) is 0. The Morgan fingerprint density at radius 2 is 2.04 bits per heavy atom. The number of methoxy groups -OCH3 is 1. The molecule has 6 nitrogen and oxygen atoms in total. The number of unbranched alkanes of at least 4 members (excludes halogenated alkanes) is 1. The number of rotatable bonds is 8. The summed E-state index contributed by atoms with van der Waals surface area (Å²) in [6.45, 7) is 3.96. The van der Waals surface area contributed by atoms with Crippen molar-refractivity contribution < 1.29 is 17.9 Å². The summed E-state index contributed by atoms with van der Waals surface area (Å²) >= 11 is 0. The average molecular weight is 365 g/mol. The van der Waals surface area contributed by atoms with Crippen LogP contribution in [0.25, 0.3) is 0 Å². The highest BCUT2D eigenvalue weighted by atomic mass is 35.5. The Balaban J connectivity index is 0.00000484. The molecule has 1 rings (SSSR count). The van der Waals surface area contributed by atoms with E-state index in [9.17, 15) is 13.2 Å². The number of aryl methyl sites for hydroxylation is 1. The van der Waals surface area contributed by atoms with Crippen molar-refractivity contribution in [2.45, 2.75) is 44.0 Å². The lowest BCUT2D eigenvalue weighted by Gasteiger charge is -2.17. The van der Waals surface area contributed by atoms with Gasteiger partial charge in [-0.1, -0.05) is 19.8 Å². The monoisotopic (exact) mass is 364 g/mol. The molecule has 0 spiro atoms. The Morgan fingerprint density at radius 3 is 2.52 bits per heavy atom. The summed E-state index contributed by atoms with van der Waals surface area (Å²) in [6, 6.07) is 4.03. The summed E-state index contributed by atoms with van der Waals surface area (Å²) in [7, 11) is -2.37. The summed E-state index contributed by atoms with van der Waals surface area (Å²) in [4.78, 5) is 11.7. The first-order valence-corrected chi connectivity index (χ1v) is 8.75. The van der Waals surface area contributed by atoms with Crippen LogP contribution in [0.2, 0.25) is 0 Å². The van der Waals surface area contributed by atoms with Gasteiger partial charge in [-0.15, -0.1) is 12.4 Å². The van der Waals surface area contributed by atoms with E-state index < -0.39 is 16.0 Å². The number of benzene rings is 1. The van der Waals surface area contributed by atoms with Gasteiger partial charge in [-0.3, -0.25) is 0 Å². The number of ether oxygens (including phenoxy) is 1. The van der Waals surface area contributed by atoms with Crippen molar-refractivity contribution >= 4 is 28.4 Å². The largest absolute Gasteiger partial charge is 0.465 e. The van der Waals surface area contributed by atoms with Gasteiger partial charge in [0.15, 0.2) is 0 Å². The molecule has 0 aliphatic carbocycles. The predicted molar refractivity (Wildman–Crippen MR) is 92.5 cm³/mol. The molecule has 0 bridgehead atoms. The molecule has 0 aromatic heterocycles. The molecular weight excluding hydrogens is 340 g/mol. The van der Waals surface area contributed by atoms with Crippen LogP contribution >= 0.6 is 12.4 Å². The first-order chi connectivity index (χ1) is 10.4. The summed E-state index contributed by atoms with van der Waals surface area (Å²) in [6.07, 6.45) is 2.58. The van der Waals surface area contributed by atoms with Crippen molar-refractivity contribution in [2.75, 3.05) is 13.7 Å². The van der Waals surface area contributed by atoms with Gasteiger partial charge in [-0.2, -0.15) is 0 Å². The minimum atomic E-state index is -3.66. The fourth-order valence-electron chi connectivity index (χ4n) is 2.11. The molecular formula is C15H25ClN2O4S. The minimum absolute atomic E-state index is 0. The second kappa shape index (κ2) is 9.87. The number of carbonyl (C=O) groups excluding carboxylic acids is 1. The molecule has 0 aliphatic rings. The van der Waals surface area contributed by atoms with Gasteiger partial charge in [0.1, 0.15) is 0 Å². The zero-order valence-electron chi connectivity index (χ0n) is 13.7. The number of nitrogens with one attached hydrogen (secondary N) is 1. The molecule has 0 saturated heterocycles. The number of sulfonamides is 1. The van der Waals surface area contributed by atoms with Crippen LogP contribution in [0.15, 0.2) is 23.1 Å². The van der Waals surface area contributed by atoms with E-state index in [2.05, 4.69) is 9.46 Å². The molecule has 3 N–H and O–H groups in total. The molecule has 1 unspecified atom stereocenters. The van der Waals surface area contributed by atoms with Crippen molar-refractivity contribution in [3.8, 4) is 0 Å². The molecule has 0 radical (unpaired) electrons. The SMILES string of the molecule is CCCCC(CN)NS(=O)(=O)c1ccc(C(=O)OC)c(C)c1.Cl. The van der Waals surface area contributed by atoms with Crippen molar-refractivity contribution in [2.24, 2.45) is 5.73 Å². The zero-order chi connectivity index (χ0) is 16.8. The fourth-order valence-corrected chi connectivity index (χ4v) is 3.47. The van der Waals surface area contributed by atoms with Gasteiger partial charge in [0.05, 0.1) is 17.6 Å². The fraction of sp³-hybridized carbons (Fsp3) is 0.533.